The fourth-order valence-corrected chi connectivity index (χ4v) is 2.97. The molecular formula is C23H17ClN2O6. The molecule has 0 saturated heterocycles. The number of ether oxygens (including phenoxy) is 1. The lowest BCUT2D eigenvalue weighted by molar-refractivity contribution is -0.384. The van der Waals surface area contributed by atoms with Gasteiger partial charge in [0.05, 0.1) is 21.2 Å². The van der Waals surface area contributed by atoms with E-state index in [2.05, 4.69) is 5.32 Å². The van der Waals surface area contributed by atoms with E-state index in [1.54, 1.807) is 24.3 Å². The number of hydrogen-bond acceptors (Lipinski definition) is 6. The highest BCUT2D eigenvalue weighted by molar-refractivity contribution is 6.34. The van der Waals surface area contributed by atoms with E-state index in [4.69, 9.17) is 16.3 Å². The van der Waals surface area contributed by atoms with Gasteiger partial charge < -0.3 is 10.1 Å². The summed E-state index contributed by atoms with van der Waals surface area (Å²) in [6.07, 6.45) is -1.17. The second kappa shape index (κ2) is 9.84. The van der Waals surface area contributed by atoms with E-state index in [1.807, 2.05) is 6.07 Å². The Bertz CT molecular complexity index is 1180. The summed E-state index contributed by atoms with van der Waals surface area (Å²) in [5.41, 5.74) is 1.03. The van der Waals surface area contributed by atoms with Crippen molar-refractivity contribution >= 4 is 40.6 Å². The van der Waals surface area contributed by atoms with Gasteiger partial charge in [0, 0.05) is 23.3 Å². The molecule has 3 rings (SSSR count). The van der Waals surface area contributed by atoms with E-state index in [-0.39, 0.29) is 27.7 Å². The summed E-state index contributed by atoms with van der Waals surface area (Å²) < 4.78 is 5.17. The summed E-state index contributed by atoms with van der Waals surface area (Å²) >= 11 is 5.95. The zero-order valence-corrected chi connectivity index (χ0v) is 17.5. The molecule has 0 aliphatic rings. The maximum Gasteiger partial charge on any atom is 0.338 e. The summed E-state index contributed by atoms with van der Waals surface area (Å²) in [6.45, 7) is 1.37. The van der Waals surface area contributed by atoms with Crippen molar-refractivity contribution in [2.24, 2.45) is 0 Å². The average Bonchev–Trinajstić information content (AvgIpc) is 2.80. The third kappa shape index (κ3) is 5.35. The number of benzene rings is 3. The van der Waals surface area contributed by atoms with Crippen LogP contribution in [0.25, 0.3) is 0 Å². The van der Waals surface area contributed by atoms with Gasteiger partial charge in [-0.05, 0) is 25.1 Å². The molecule has 8 nitrogen and oxygen atoms in total. The topological polar surface area (TPSA) is 116 Å². The van der Waals surface area contributed by atoms with Crippen molar-refractivity contribution in [2.45, 2.75) is 13.0 Å². The first-order valence-corrected chi connectivity index (χ1v) is 9.79. The highest BCUT2D eigenvalue weighted by Crippen LogP contribution is 2.26. The molecule has 1 amide bonds. The molecule has 0 bridgehead atoms. The fourth-order valence-electron chi connectivity index (χ4n) is 2.75. The lowest BCUT2D eigenvalue weighted by atomic mass is 10.0. The van der Waals surface area contributed by atoms with Crippen molar-refractivity contribution in [3.05, 3.63) is 105 Å². The maximum atomic E-state index is 12.4. The van der Waals surface area contributed by atoms with Gasteiger partial charge in [-0.2, -0.15) is 0 Å². The molecule has 0 fully saturated rings. The van der Waals surface area contributed by atoms with Crippen molar-refractivity contribution in [3.8, 4) is 0 Å². The lowest BCUT2D eigenvalue weighted by Gasteiger charge is -2.14. The number of hydrogen-bond donors (Lipinski definition) is 1. The molecule has 1 atom stereocenters. The minimum Gasteiger partial charge on any atom is -0.449 e. The molecule has 0 aromatic heterocycles. The van der Waals surface area contributed by atoms with Crippen LogP contribution in [0.3, 0.4) is 0 Å². The minimum atomic E-state index is -1.17. The number of nitro benzene ring substituents is 1. The molecule has 0 saturated carbocycles. The zero-order chi connectivity index (χ0) is 23.3. The van der Waals surface area contributed by atoms with Gasteiger partial charge in [0.25, 0.3) is 11.6 Å². The Morgan fingerprint density at radius 2 is 1.53 bits per heavy atom. The van der Waals surface area contributed by atoms with E-state index in [0.717, 1.165) is 6.07 Å². The Labute approximate surface area is 187 Å². The van der Waals surface area contributed by atoms with Gasteiger partial charge in [-0.15, -0.1) is 0 Å². The van der Waals surface area contributed by atoms with Gasteiger partial charge in [0.2, 0.25) is 0 Å². The normalized spacial score (nSPS) is 11.3. The van der Waals surface area contributed by atoms with E-state index in [0.29, 0.717) is 11.1 Å². The van der Waals surface area contributed by atoms with Crippen molar-refractivity contribution in [1.82, 2.24) is 0 Å². The van der Waals surface area contributed by atoms with E-state index in [1.165, 1.54) is 43.3 Å². The SMILES string of the molecule is CC(OC(=O)c1ccc(C(=O)c2ccccc2)cc1)C(=O)Nc1ccc([N+](=O)[O-])cc1Cl. The molecule has 0 spiro atoms. The minimum absolute atomic E-state index is 0.0234. The Kier molecular flexibility index (Phi) is 6.97. The molecule has 0 heterocycles. The van der Waals surface area contributed by atoms with Gasteiger partial charge in [0.1, 0.15) is 0 Å². The zero-order valence-electron chi connectivity index (χ0n) is 16.8. The van der Waals surface area contributed by atoms with Gasteiger partial charge in [-0.1, -0.05) is 54.1 Å². The second-order valence-corrected chi connectivity index (χ2v) is 7.14. The van der Waals surface area contributed by atoms with Crippen LogP contribution in [-0.4, -0.2) is 28.7 Å². The van der Waals surface area contributed by atoms with E-state index >= 15 is 0 Å². The number of esters is 1. The highest BCUT2D eigenvalue weighted by atomic mass is 35.5. The van der Waals surface area contributed by atoms with Gasteiger partial charge in [-0.3, -0.25) is 19.7 Å². The number of nitrogens with zero attached hydrogens (tertiary/aromatic N) is 1. The number of anilines is 1. The number of ketones is 1. The van der Waals surface area contributed by atoms with Gasteiger partial charge in [0.15, 0.2) is 11.9 Å². The number of carbonyl (C=O) groups excluding carboxylic acids is 3. The molecule has 0 aliphatic carbocycles. The summed E-state index contributed by atoms with van der Waals surface area (Å²) in [4.78, 5) is 47.3. The van der Waals surface area contributed by atoms with Crippen LogP contribution in [0, 0.1) is 10.1 Å². The molecule has 3 aromatic carbocycles. The monoisotopic (exact) mass is 452 g/mol. The standard InChI is InChI=1S/C23H17ClN2O6/c1-14(22(28)25-20-12-11-18(26(30)31)13-19(20)24)32-23(29)17-9-7-16(8-10-17)21(27)15-5-3-2-4-6-15/h2-14H,1H3,(H,25,28). The molecule has 1 unspecified atom stereocenters. The summed E-state index contributed by atoms with van der Waals surface area (Å²) in [5, 5.41) is 13.2. The predicted molar refractivity (Wildman–Crippen MR) is 118 cm³/mol. The quantitative estimate of drug-likeness (QED) is 0.241. The van der Waals surface area contributed by atoms with Crippen molar-refractivity contribution < 1.29 is 24.0 Å². The number of nitro groups is 1. The van der Waals surface area contributed by atoms with Crippen LogP contribution in [0.5, 0.6) is 0 Å². The first-order valence-electron chi connectivity index (χ1n) is 9.42. The lowest BCUT2D eigenvalue weighted by Crippen LogP contribution is -2.30. The molecule has 32 heavy (non-hydrogen) atoms. The molecule has 3 aromatic rings. The molecule has 1 N–H and O–H groups in total. The molecule has 9 heteroatoms. The third-order valence-electron chi connectivity index (χ3n) is 4.49. The highest BCUT2D eigenvalue weighted by Gasteiger charge is 2.21. The van der Waals surface area contributed by atoms with E-state index < -0.39 is 22.9 Å². The Balaban J connectivity index is 1.62. The average molecular weight is 453 g/mol. The van der Waals surface area contributed by atoms with Crippen LogP contribution < -0.4 is 5.32 Å². The van der Waals surface area contributed by atoms with Crippen LogP contribution in [0.2, 0.25) is 5.02 Å². The Morgan fingerprint density at radius 1 is 0.938 bits per heavy atom. The first kappa shape index (κ1) is 22.6. The van der Waals surface area contributed by atoms with E-state index in [9.17, 15) is 24.5 Å². The molecule has 0 radical (unpaired) electrons. The molecular weight excluding hydrogens is 436 g/mol. The van der Waals surface area contributed by atoms with Crippen LogP contribution in [-0.2, 0) is 9.53 Å². The Morgan fingerprint density at radius 3 is 2.12 bits per heavy atom. The first-order chi connectivity index (χ1) is 15.3. The fraction of sp³-hybridized carbons (Fsp3) is 0.0870. The van der Waals surface area contributed by atoms with Crippen molar-refractivity contribution in [2.75, 3.05) is 5.32 Å². The molecule has 0 aliphatic heterocycles. The van der Waals surface area contributed by atoms with Crippen molar-refractivity contribution in [3.63, 3.8) is 0 Å². The summed E-state index contributed by atoms with van der Waals surface area (Å²) in [7, 11) is 0. The van der Waals surface area contributed by atoms with Crippen LogP contribution in [0.4, 0.5) is 11.4 Å². The number of carbonyl (C=O) groups is 3. The summed E-state index contributed by atoms with van der Waals surface area (Å²) in [6, 6.07) is 18.2. The number of non-ortho nitro benzene ring substituents is 1. The second-order valence-electron chi connectivity index (χ2n) is 6.73. The third-order valence-corrected chi connectivity index (χ3v) is 4.81. The Hall–Kier alpha value is -4.04. The summed E-state index contributed by atoms with van der Waals surface area (Å²) in [5.74, 6) is -1.59. The van der Waals surface area contributed by atoms with Gasteiger partial charge in [-0.25, -0.2) is 4.79 Å². The predicted octanol–water partition coefficient (Wildman–Crippen LogP) is 4.66. The number of nitrogens with one attached hydrogen (secondary N) is 1. The van der Waals surface area contributed by atoms with Crippen LogP contribution >= 0.6 is 11.6 Å². The molecule has 162 valence electrons. The van der Waals surface area contributed by atoms with Crippen molar-refractivity contribution in [1.29, 1.82) is 0 Å². The van der Waals surface area contributed by atoms with Crippen LogP contribution in [0.15, 0.2) is 72.8 Å². The van der Waals surface area contributed by atoms with Crippen LogP contribution in [0.1, 0.15) is 33.2 Å². The number of rotatable bonds is 7. The number of halogens is 1. The maximum absolute atomic E-state index is 12.4. The number of amides is 1. The largest absolute Gasteiger partial charge is 0.449 e. The van der Waals surface area contributed by atoms with Gasteiger partial charge >= 0.3 is 5.97 Å². The smallest absolute Gasteiger partial charge is 0.338 e.